The molecule has 3 fully saturated rings. The molecule has 3 aliphatic rings. The van der Waals surface area contributed by atoms with Gasteiger partial charge in [-0.2, -0.15) is 0 Å². The summed E-state index contributed by atoms with van der Waals surface area (Å²) in [4.78, 5) is 47.1. The van der Waals surface area contributed by atoms with Crippen LogP contribution < -0.4 is 4.90 Å². The Morgan fingerprint density at radius 3 is 2.53 bits per heavy atom. The first kappa shape index (κ1) is 28.3. The minimum atomic E-state index is -1.18. The number of hydrogen-bond acceptors (Lipinski definition) is 5. The molecular formula is C29H38ClN3O5. The fourth-order valence-electron chi connectivity index (χ4n) is 6.70. The molecule has 0 aliphatic carbocycles. The molecule has 1 N–H and O–H groups in total. The third-order valence-electron chi connectivity index (χ3n) is 8.39. The van der Waals surface area contributed by atoms with Gasteiger partial charge in [-0.3, -0.25) is 14.4 Å². The molecule has 2 bridgehead atoms. The number of likely N-dealkylation sites (tertiary alicyclic amines) is 1. The normalized spacial score (nSPS) is 28.4. The van der Waals surface area contributed by atoms with E-state index >= 15 is 0 Å². The molecule has 6 atom stereocenters. The van der Waals surface area contributed by atoms with Crippen LogP contribution in [0.1, 0.15) is 32.3 Å². The maximum absolute atomic E-state index is 14.6. The minimum absolute atomic E-state index is 0.140. The Labute approximate surface area is 229 Å². The molecule has 0 aromatic heterocycles. The molecule has 1 spiro atoms. The molecular weight excluding hydrogens is 506 g/mol. The van der Waals surface area contributed by atoms with Crippen molar-refractivity contribution in [2.24, 2.45) is 17.8 Å². The molecule has 9 heteroatoms. The molecule has 8 nitrogen and oxygen atoms in total. The number of para-hydroxylation sites is 1. The molecule has 3 saturated heterocycles. The van der Waals surface area contributed by atoms with Gasteiger partial charge in [0.05, 0.1) is 41.3 Å². The van der Waals surface area contributed by atoms with Gasteiger partial charge in [0.15, 0.2) is 0 Å². The highest BCUT2D eigenvalue weighted by Crippen LogP contribution is 2.59. The summed E-state index contributed by atoms with van der Waals surface area (Å²) in [5.41, 5.74) is 0.170. The van der Waals surface area contributed by atoms with Crippen molar-refractivity contribution in [3.8, 4) is 0 Å². The number of anilines is 1. The number of aryl methyl sites for hydroxylation is 1. The molecule has 3 aliphatic heterocycles. The van der Waals surface area contributed by atoms with Crippen molar-refractivity contribution in [3.05, 3.63) is 54.1 Å². The van der Waals surface area contributed by atoms with E-state index in [0.29, 0.717) is 30.1 Å². The van der Waals surface area contributed by atoms with Crippen LogP contribution in [0.2, 0.25) is 5.02 Å². The molecule has 1 aromatic rings. The lowest BCUT2D eigenvalue weighted by molar-refractivity contribution is -0.147. The average molecular weight is 544 g/mol. The lowest BCUT2D eigenvalue weighted by atomic mass is 9.70. The van der Waals surface area contributed by atoms with E-state index in [1.54, 1.807) is 35.1 Å². The van der Waals surface area contributed by atoms with Crippen LogP contribution in [-0.2, 0) is 19.1 Å². The van der Waals surface area contributed by atoms with Crippen molar-refractivity contribution in [2.45, 2.75) is 57.4 Å². The van der Waals surface area contributed by atoms with Crippen LogP contribution in [0.15, 0.2) is 43.5 Å². The maximum Gasteiger partial charge on any atom is 0.253 e. The van der Waals surface area contributed by atoms with E-state index < -0.39 is 35.6 Å². The summed E-state index contributed by atoms with van der Waals surface area (Å²) in [7, 11) is 1.68. The summed E-state index contributed by atoms with van der Waals surface area (Å²) >= 11 is 6.60. The Hall–Kier alpha value is -2.68. The van der Waals surface area contributed by atoms with Gasteiger partial charge in [-0.05, 0) is 37.3 Å². The summed E-state index contributed by atoms with van der Waals surface area (Å²) in [5, 5.41) is 10.8. The monoisotopic (exact) mass is 543 g/mol. The predicted molar refractivity (Wildman–Crippen MR) is 147 cm³/mol. The number of likely N-dealkylation sites (N-methyl/N-ethyl adjacent to an activating group) is 1. The second kappa shape index (κ2) is 10.8. The van der Waals surface area contributed by atoms with Crippen molar-refractivity contribution >= 4 is 35.0 Å². The SMILES string of the molecule is C=CCN(C)C(=O)[C@@H]1[C@H]2C(=O)N([C@@H](CO)C(C)C)C(C(=O)N(CC=C)c3c(C)cccc3Cl)C23CC[C@H]1O3. The summed E-state index contributed by atoms with van der Waals surface area (Å²) in [6.45, 7) is 13.4. The lowest BCUT2D eigenvalue weighted by Crippen LogP contribution is -2.60. The zero-order chi connectivity index (χ0) is 27.9. The highest BCUT2D eigenvalue weighted by atomic mass is 35.5. The van der Waals surface area contributed by atoms with Crippen molar-refractivity contribution in [3.63, 3.8) is 0 Å². The van der Waals surface area contributed by atoms with Gasteiger partial charge in [0.2, 0.25) is 11.8 Å². The first-order valence-corrected chi connectivity index (χ1v) is 13.6. The van der Waals surface area contributed by atoms with Crippen LogP contribution >= 0.6 is 11.6 Å². The number of amides is 3. The number of ether oxygens (including phenoxy) is 1. The van der Waals surface area contributed by atoms with E-state index in [1.807, 2.05) is 32.9 Å². The number of hydrogen-bond donors (Lipinski definition) is 1. The van der Waals surface area contributed by atoms with Gasteiger partial charge < -0.3 is 24.5 Å². The highest BCUT2D eigenvalue weighted by molar-refractivity contribution is 6.34. The first-order valence-electron chi connectivity index (χ1n) is 13.2. The fraction of sp³-hybridized carbons (Fsp3) is 0.552. The minimum Gasteiger partial charge on any atom is -0.394 e. The number of halogens is 1. The van der Waals surface area contributed by atoms with Crippen LogP contribution in [0.3, 0.4) is 0 Å². The smallest absolute Gasteiger partial charge is 0.253 e. The molecule has 2 unspecified atom stereocenters. The molecule has 3 amide bonds. The Balaban J connectivity index is 1.86. The van der Waals surface area contributed by atoms with Crippen molar-refractivity contribution < 1.29 is 24.2 Å². The number of nitrogens with zero attached hydrogens (tertiary/aromatic N) is 3. The number of carbonyl (C=O) groups excluding carboxylic acids is 3. The number of fused-ring (bicyclic) bond motifs is 1. The molecule has 0 saturated carbocycles. The Morgan fingerprint density at radius 2 is 1.95 bits per heavy atom. The Morgan fingerprint density at radius 1 is 1.26 bits per heavy atom. The van der Waals surface area contributed by atoms with Gasteiger partial charge in [-0.25, -0.2) is 0 Å². The number of benzene rings is 1. The van der Waals surface area contributed by atoms with Crippen molar-refractivity contribution in [1.82, 2.24) is 9.80 Å². The Bertz CT molecular complexity index is 1120. The van der Waals surface area contributed by atoms with Crippen molar-refractivity contribution in [1.29, 1.82) is 0 Å². The standard InChI is InChI=1S/C29H38ClN3O5/c1-7-14-31(6)26(35)22-21-12-13-29(38-21)23(22)27(36)33(20(16-34)17(3)4)25(29)28(37)32(15-8-2)24-18(5)10-9-11-19(24)30/h7-11,17,20-23,25,34H,1-2,12-16H2,3-6H3/t20-,21+,22-,23-,25?,29?/m0/s1. The molecule has 206 valence electrons. The molecule has 0 radical (unpaired) electrons. The number of carbonyl (C=O) groups is 3. The topological polar surface area (TPSA) is 90.4 Å². The quantitative estimate of drug-likeness (QED) is 0.458. The third-order valence-corrected chi connectivity index (χ3v) is 8.69. The number of aliphatic hydroxyl groups is 1. The number of aliphatic hydroxyl groups excluding tert-OH is 1. The summed E-state index contributed by atoms with van der Waals surface area (Å²) in [6, 6.07) is 3.76. The van der Waals surface area contributed by atoms with Crippen molar-refractivity contribution in [2.75, 3.05) is 31.6 Å². The van der Waals surface area contributed by atoms with Gasteiger partial charge in [-0.1, -0.05) is 49.7 Å². The summed E-state index contributed by atoms with van der Waals surface area (Å²) in [5.74, 6) is -2.54. The maximum atomic E-state index is 14.6. The molecule has 1 aromatic carbocycles. The van der Waals surface area contributed by atoms with Crippen LogP contribution in [-0.4, -0.2) is 83.2 Å². The van der Waals surface area contributed by atoms with E-state index in [4.69, 9.17) is 16.3 Å². The largest absolute Gasteiger partial charge is 0.394 e. The van der Waals surface area contributed by atoms with Gasteiger partial charge in [-0.15, -0.1) is 13.2 Å². The summed E-state index contributed by atoms with van der Waals surface area (Å²) < 4.78 is 6.56. The number of rotatable bonds is 10. The molecule has 4 rings (SSSR count). The molecule has 38 heavy (non-hydrogen) atoms. The second-order valence-corrected chi connectivity index (χ2v) is 11.4. The van der Waals surface area contributed by atoms with Gasteiger partial charge in [0, 0.05) is 20.1 Å². The molecule has 3 heterocycles. The fourth-order valence-corrected chi connectivity index (χ4v) is 7.02. The van der Waals surface area contributed by atoms with E-state index in [-0.39, 0.29) is 36.8 Å². The van der Waals surface area contributed by atoms with Gasteiger partial charge >= 0.3 is 0 Å². The lowest BCUT2D eigenvalue weighted by Gasteiger charge is -2.40. The van der Waals surface area contributed by atoms with Crippen LogP contribution in [0.5, 0.6) is 0 Å². The van der Waals surface area contributed by atoms with E-state index in [9.17, 15) is 19.5 Å². The zero-order valence-electron chi connectivity index (χ0n) is 22.6. The summed E-state index contributed by atoms with van der Waals surface area (Å²) in [6.07, 6.45) is 3.83. The first-order chi connectivity index (χ1) is 18.0. The highest BCUT2D eigenvalue weighted by Gasteiger charge is 2.75. The third kappa shape index (κ3) is 4.27. The van der Waals surface area contributed by atoms with Gasteiger partial charge in [0.1, 0.15) is 11.6 Å². The van der Waals surface area contributed by atoms with Crippen LogP contribution in [0.25, 0.3) is 0 Å². The predicted octanol–water partition coefficient (Wildman–Crippen LogP) is 3.20. The zero-order valence-corrected chi connectivity index (χ0v) is 23.4. The Kier molecular flexibility index (Phi) is 8.07. The van der Waals surface area contributed by atoms with Gasteiger partial charge in [0.25, 0.3) is 5.91 Å². The van der Waals surface area contributed by atoms with Crippen LogP contribution in [0, 0.1) is 24.7 Å². The second-order valence-electron chi connectivity index (χ2n) is 10.9. The van der Waals surface area contributed by atoms with E-state index in [1.165, 1.54) is 4.90 Å². The van der Waals surface area contributed by atoms with E-state index in [2.05, 4.69) is 13.2 Å². The average Bonchev–Trinajstić information content (AvgIpc) is 3.51. The van der Waals surface area contributed by atoms with E-state index in [0.717, 1.165) is 5.56 Å². The van der Waals surface area contributed by atoms with Crippen LogP contribution in [0.4, 0.5) is 5.69 Å².